The number of fused-ring (bicyclic) bond motifs is 1. The minimum atomic E-state index is -0.859. The maximum atomic E-state index is 14.8. The van der Waals surface area contributed by atoms with Crippen LogP contribution in [0.4, 0.5) is 14.9 Å². The third-order valence-electron chi connectivity index (χ3n) is 6.32. The number of benzene rings is 1. The second-order valence-electron chi connectivity index (χ2n) is 9.88. The molecule has 3 aliphatic heterocycles. The number of carbonyl (C=O) groups excluding carboxylic acids is 1. The Morgan fingerprint density at radius 3 is 2.48 bits per heavy atom. The van der Waals surface area contributed by atoms with Gasteiger partial charge in [0.1, 0.15) is 17.5 Å². The number of hydrogen-bond donors (Lipinski definition) is 1. The fourth-order valence-corrected chi connectivity index (χ4v) is 4.67. The Morgan fingerprint density at radius 1 is 1.29 bits per heavy atom. The van der Waals surface area contributed by atoms with Crippen molar-refractivity contribution in [2.24, 2.45) is 11.8 Å². The summed E-state index contributed by atoms with van der Waals surface area (Å²) in [5, 5.41) is 11.9. The number of halogens is 1. The van der Waals surface area contributed by atoms with Crippen LogP contribution in [0, 0.1) is 29.0 Å². The van der Waals surface area contributed by atoms with Crippen LogP contribution in [0.15, 0.2) is 18.2 Å². The Labute approximate surface area is 183 Å². The molecule has 4 rings (SSSR count). The number of alkyl carbamates (subject to hydrolysis) is 1. The van der Waals surface area contributed by atoms with Gasteiger partial charge in [0, 0.05) is 38.3 Å². The van der Waals surface area contributed by atoms with Gasteiger partial charge in [0.25, 0.3) is 0 Å². The van der Waals surface area contributed by atoms with Crippen LogP contribution in [-0.2, 0) is 15.9 Å². The molecule has 3 fully saturated rings. The van der Waals surface area contributed by atoms with Crippen molar-refractivity contribution in [2.45, 2.75) is 44.9 Å². The number of nitrogens with one attached hydrogen (secondary N) is 1. The summed E-state index contributed by atoms with van der Waals surface area (Å²) in [5.41, 5.74) is 0.623. The fourth-order valence-electron chi connectivity index (χ4n) is 4.67. The van der Waals surface area contributed by atoms with Gasteiger partial charge >= 0.3 is 6.09 Å². The number of amides is 1. The molecule has 31 heavy (non-hydrogen) atoms. The molecule has 3 heterocycles. The van der Waals surface area contributed by atoms with E-state index in [-0.39, 0.29) is 12.2 Å². The zero-order valence-electron chi connectivity index (χ0n) is 18.4. The summed E-state index contributed by atoms with van der Waals surface area (Å²) >= 11 is 0. The number of hydrogen-bond acceptors (Lipinski definition) is 6. The molecule has 0 aromatic heterocycles. The molecule has 7 nitrogen and oxygen atoms in total. The third kappa shape index (κ3) is 5.10. The molecule has 1 aromatic rings. The molecule has 0 aliphatic carbocycles. The van der Waals surface area contributed by atoms with Gasteiger partial charge in [-0.2, -0.15) is 5.26 Å². The minimum Gasteiger partial charge on any atom is -0.444 e. The molecular formula is C23H31FN4O3. The molecule has 8 heteroatoms. The molecule has 3 atom stereocenters. The Kier molecular flexibility index (Phi) is 6.09. The van der Waals surface area contributed by atoms with E-state index in [9.17, 15) is 14.4 Å². The average Bonchev–Trinajstić information content (AvgIpc) is 3.18. The summed E-state index contributed by atoms with van der Waals surface area (Å²) < 4.78 is 25.3. The van der Waals surface area contributed by atoms with Crippen LogP contribution in [0.2, 0.25) is 0 Å². The fraction of sp³-hybridized carbons (Fsp3) is 0.652. The van der Waals surface area contributed by atoms with Crippen LogP contribution < -0.4 is 10.2 Å². The molecule has 0 bridgehead atoms. The Balaban J connectivity index is 1.33. The molecular weight excluding hydrogens is 399 g/mol. The third-order valence-corrected chi connectivity index (χ3v) is 6.32. The molecule has 2 unspecified atom stereocenters. The lowest BCUT2D eigenvalue weighted by atomic mass is 10.0. The van der Waals surface area contributed by atoms with E-state index < -0.39 is 17.7 Å². The van der Waals surface area contributed by atoms with Gasteiger partial charge in [-0.3, -0.25) is 4.90 Å². The van der Waals surface area contributed by atoms with Gasteiger partial charge in [0.2, 0.25) is 0 Å². The second kappa shape index (κ2) is 8.64. The number of rotatable bonds is 5. The van der Waals surface area contributed by atoms with Crippen LogP contribution in [0.5, 0.6) is 0 Å². The Bertz CT molecular complexity index is 847. The van der Waals surface area contributed by atoms with Gasteiger partial charge in [-0.25, -0.2) is 9.18 Å². The van der Waals surface area contributed by atoms with Gasteiger partial charge in [0.05, 0.1) is 25.3 Å². The highest BCUT2D eigenvalue weighted by atomic mass is 19.1. The van der Waals surface area contributed by atoms with Gasteiger partial charge in [-0.05, 0) is 50.3 Å². The lowest BCUT2D eigenvalue weighted by Gasteiger charge is -2.35. The van der Waals surface area contributed by atoms with E-state index in [1.807, 2.05) is 12.1 Å². The first-order chi connectivity index (χ1) is 14.7. The number of nitriles is 1. The minimum absolute atomic E-state index is 0.0888. The van der Waals surface area contributed by atoms with Crippen LogP contribution in [-0.4, -0.2) is 68.1 Å². The molecule has 0 spiro atoms. The van der Waals surface area contributed by atoms with E-state index in [0.29, 0.717) is 23.4 Å². The normalized spacial score (nSPS) is 24.9. The molecule has 0 saturated carbocycles. The van der Waals surface area contributed by atoms with E-state index >= 15 is 0 Å². The van der Waals surface area contributed by atoms with E-state index in [4.69, 9.17) is 9.47 Å². The van der Waals surface area contributed by atoms with Crippen LogP contribution in [0.25, 0.3) is 0 Å². The van der Waals surface area contributed by atoms with E-state index in [1.165, 1.54) is 0 Å². The van der Waals surface area contributed by atoms with E-state index in [2.05, 4.69) is 15.1 Å². The molecule has 0 radical (unpaired) electrons. The van der Waals surface area contributed by atoms with Crippen molar-refractivity contribution in [1.82, 2.24) is 10.2 Å². The predicted molar refractivity (Wildman–Crippen MR) is 114 cm³/mol. The molecule has 3 aliphatic rings. The first-order valence-corrected chi connectivity index (χ1v) is 11.0. The highest BCUT2D eigenvalue weighted by molar-refractivity contribution is 5.68. The number of anilines is 1. The van der Waals surface area contributed by atoms with Crippen LogP contribution >= 0.6 is 0 Å². The first-order valence-electron chi connectivity index (χ1n) is 11.0. The lowest BCUT2D eigenvalue weighted by molar-refractivity contribution is -0.0590. The summed E-state index contributed by atoms with van der Waals surface area (Å²) in [7, 11) is 0. The van der Waals surface area contributed by atoms with Crippen molar-refractivity contribution in [2.75, 3.05) is 44.3 Å². The standard InChI is InChI=1S/C23H31FN4O3/c1-23(2,3)31-22(29)26-18(8-25)6-15-4-5-19(7-21(15)24)27-9-16-11-28(12-17(16)10-27)20-13-30-14-20/h4-5,7,16-18,20H,6,9-14H2,1-3H3,(H,26,29)/t16?,17?,18-/m0/s1. The second-order valence-corrected chi connectivity index (χ2v) is 9.88. The smallest absolute Gasteiger partial charge is 0.408 e. The summed E-state index contributed by atoms with van der Waals surface area (Å²) in [6.45, 7) is 11.0. The summed E-state index contributed by atoms with van der Waals surface area (Å²) in [5.74, 6) is 0.878. The summed E-state index contributed by atoms with van der Waals surface area (Å²) in [6, 6.07) is 6.92. The van der Waals surface area contributed by atoms with Gasteiger partial charge in [0.15, 0.2) is 0 Å². The molecule has 3 saturated heterocycles. The van der Waals surface area contributed by atoms with Crippen molar-refractivity contribution in [3.63, 3.8) is 0 Å². The first kappa shape index (κ1) is 21.8. The summed E-state index contributed by atoms with van der Waals surface area (Å²) in [6.07, 6.45) is -0.590. The summed E-state index contributed by atoms with van der Waals surface area (Å²) in [4.78, 5) is 16.7. The average molecular weight is 431 g/mol. The Hall–Kier alpha value is -2.37. The highest BCUT2D eigenvalue weighted by Crippen LogP contribution is 2.36. The largest absolute Gasteiger partial charge is 0.444 e. The maximum Gasteiger partial charge on any atom is 0.408 e. The zero-order chi connectivity index (χ0) is 22.2. The molecule has 1 aromatic carbocycles. The zero-order valence-corrected chi connectivity index (χ0v) is 18.4. The van der Waals surface area contributed by atoms with Crippen molar-refractivity contribution >= 4 is 11.8 Å². The van der Waals surface area contributed by atoms with Crippen LogP contribution in [0.1, 0.15) is 26.3 Å². The molecule has 1 N–H and O–H groups in total. The van der Waals surface area contributed by atoms with E-state index in [0.717, 1.165) is 45.1 Å². The Morgan fingerprint density at radius 2 is 1.97 bits per heavy atom. The number of nitrogens with zero attached hydrogens (tertiary/aromatic N) is 3. The maximum absolute atomic E-state index is 14.8. The lowest BCUT2D eigenvalue weighted by Crippen LogP contribution is -2.48. The van der Waals surface area contributed by atoms with Gasteiger partial charge in [-0.15, -0.1) is 0 Å². The molecule has 168 valence electrons. The van der Waals surface area contributed by atoms with Crippen molar-refractivity contribution in [1.29, 1.82) is 5.26 Å². The van der Waals surface area contributed by atoms with Gasteiger partial charge < -0.3 is 19.7 Å². The topological polar surface area (TPSA) is 77.8 Å². The number of likely N-dealkylation sites (tertiary alicyclic amines) is 1. The van der Waals surface area contributed by atoms with Gasteiger partial charge in [-0.1, -0.05) is 6.07 Å². The number of ether oxygens (including phenoxy) is 2. The molecule has 1 amide bonds. The van der Waals surface area contributed by atoms with Crippen molar-refractivity contribution in [3.8, 4) is 6.07 Å². The highest BCUT2D eigenvalue weighted by Gasteiger charge is 2.43. The van der Waals surface area contributed by atoms with Crippen molar-refractivity contribution in [3.05, 3.63) is 29.6 Å². The quantitative estimate of drug-likeness (QED) is 0.774. The number of carbonyl (C=O) groups is 1. The SMILES string of the molecule is CC(C)(C)OC(=O)N[C@H](C#N)Cc1ccc(N2CC3CN(C4COC4)CC3C2)cc1F. The van der Waals surface area contributed by atoms with Crippen molar-refractivity contribution < 1.29 is 18.7 Å². The van der Waals surface area contributed by atoms with Crippen LogP contribution in [0.3, 0.4) is 0 Å². The predicted octanol–water partition coefficient (Wildman–Crippen LogP) is 2.55. The monoisotopic (exact) mass is 430 g/mol. The van der Waals surface area contributed by atoms with E-state index in [1.54, 1.807) is 32.9 Å².